The molecule has 1 aliphatic rings. The number of rotatable bonds is 5. The SMILES string of the molecule is Cc1cc(C)c(C(=O)C[C@@]2(O)C(=O)N(Cc3ccccc3Cl)c3ccc(Cl)cc32)c(C)c1. The van der Waals surface area contributed by atoms with E-state index in [9.17, 15) is 14.7 Å². The van der Waals surface area contributed by atoms with Crippen LogP contribution in [0.25, 0.3) is 0 Å². The van der Waals surface area contributed by atoms with E-state index in [0.29, 0.717) is 26.9 Å². The Kier molecular flexibility index (Phi) is 5.89. The Hall–Kier alpha value is -2.66. The lowest BCUT2D eigenvalue weighted by molar-refractivity contribution is -0.136. The Morgan fingerprint density at radius 2 is 1.66 bits per heavy atom. The molecule has 164 valence electrons. The van der Waals surface area contributed by atoms with Crippen LogP contribution in [0, 0.1) is 20.8 Å². The van der Waals surface area contributed by atoms with E-state index in [2.05, 4.69) is 0 Å². The van der Waals surface area contributed by atoms with Gasteiger partial charge < -0.3 is 10.0 Å². The molecule has 0 radical (unpaired) electrons. The minimum atomic E-state index is -2.01. The van der Waals surface area contributed by atoms with E-state index in [4.69, 9.17) is 23.2 Å². The summed E-state index contributed by atoms with van der Waals surface area (Å²) in [6.07, 6.45) is -0.372. The summed E-state index contributed by atoms with van der Waals surface area (Å²) in [6, 6.07) is 16.0. The highest BCUT2D eigenvalue weighted by atomic mass is 35.5. The van der Waals surface area contributed by atoms with Crippen LogP contribution in [-0.2, 0) is 16.9 Å². The van der Waals surface area contributed by atoms with Gasteiger partial charge in [-0.15, -0.1) is 0 Å². The second kappa shape index (κ2) is 8.36. The summed E-state index contributed by atoms with van der Waals surface area (Å²) in [5.74, 6) is -0.855. The number of benzene rings is 3. The zero-order chi connectivity index (χ0) is 23.2. The van der Waals surface area contributed by atoms with Crippen molar-refractivity contribution in [3.63, 3.8) is 0 Å². The van der Waals surface area contributed by atoms with Gasteiger partial charge in [-0.1, -0.05) is 59.1 Å². The van der Waals surface area contributed by atoms with Crippen molar-refractivity contribution in [3.05, 3.63) is 98.0 Å². The first-order chi connectivity index (χ1) is 15.1. The molecule has 32 heavy (non-hydrogen) atoms. The number of fused-ring (bicyclic) bond motifs is 1. The Balaban J connectivity index is 1.75. The average Bonchev–Trinajstić information content (AvgIpc) is 2.90. The van der Waals surface area contributed by atoms with Gasteiger partial charge in [0.05, 0.1) is 18.7 Å². The van der Waals surface area contributed by atoms with Gasteiger partial charge in [0.15, 0.2) is 11.4 Å². The molecule has 0 unspecified atom stereocenters. The van der Waals surface area contributed by atoms with E-state index >= 15 is 0 Å². The maximum Gasteiger partial charge on any atom is 0.264 e. The van der Waals surface area contributed by atoms with Gasteiger partial charge in [0.25, 0.3) is 5.91 Å². The lowest BCUT2D eigenvalue weighted by atomic mass is 9.85. The molecule has 0 bridgehead atoms. The number of carbonyl (C=O) groups excluding carboxylic acids is 2. The molecule has 0 spiro atoms. The fraction of sp³-hybridized carbons (Fsp3) is 0.231. The van der Waals surface area contributed by atoms with Gasteiger partial charge in [0.2, 0.25) is 0 Å². The smallest absolute Gasteiger partial charge is 0.264 e. The highest BCUT2D eigenvalue weighted by molar-refractivity contribution is 6.31. The number of aliphatic hydroxyl groups is 1. The van der Waals surface area contributed by atoms with E-state index in [0.717, 1.165) is 22.3 Å². The summed E-state index contributed by atoms with van der Waals surface area (Å²) in [5.41, 5.74) is 2.80. The summed E-state index contributed by atoms with van der Waals surface area (Å²) in [7, 11) is 0. The number of anilines is 1. The molecular weight excluding hydrogens is 445 g/mol. The summed E-state index contributed by atoms with van der Waals surface area (Å²) >= 11 is 12.5. The highest BCUT2D eigenvalue weighted by Crippen LogP contribution is 2.45. The second-order valence-corrected chi connectivity index (χ2v) is 9.22. The van der Waals surface area contributed by atoms with E-state index in [1.54, 1.807) is 24.3 Å². The van der Waals surface area contributed by atoms with Crippen LogP contribution >= 0.6 is 23.2 Å². The zero-order valence-corrected chi connectivity index (χ0v) is 19.6. The normalized spacial score (nSPS) is 17.6. The Labute approximate surface area is 197 Å². The minimum absolute atomic E-state index is 0.173. The van der Waals surface area contributed by atoms with Crippen molar-refractivity contribution in [3.8, 4) is 0 Å². The van der Waals surface area contributed by atoms with Crippen LogP contribution in [0.1, 0.15) is 44.6 Å². The number of amides is 1. The maximum absolute atomic E-state index is 13.5. The second-order valence-electron chi connectivity index (χ2n) is 8.38. The van der Waals surface area contributed by atoms with Crippen LogP contribution in [0.5, 0.6) is 0 Å². The van der Waals surface area contributed by atoms with Crippen molar-refractivity contribution in [1.82, 2.24) is 0 Å². The molecule has 0 aromatic heterocycles. The molecule has 3 aromatic rings. The third kappa shape index (κ3) is 3.83. The predicted octanol–water partition coefficient (Wildman–Crippen LogP) is 5.93. The van der Waals surface area contributed by atoms with Gasteiger partial charge in [0.1, 0.15) is 0 Å². The third-order valence-corrected chi connectivity index (χ3v) is 6.56. The van der Waals surface area contributed by atoms with E-state index in [1.807, 2.05) is 51.1 Å². The summed E-state index contributed by atoms with van der Waals surface area (Å²) in [4.78, 5) is 28.3. The number of hydrogen-bond acceptors (Lipinski definition) is 3. The Morgan fingerprint density at radius 1 is 1.00 bits per heavy atom. The van der Waals surface area contributed by atoms with E-state index < -0.39 is 11.5 Å². The monoisotopic (exact) mass is 467 g/mol. The van der Waals surface area contributed by atoms with Crippen LogP contribution < -0.4 is 4.90 Å². The molecule has 1 atom stereocenters. The van der Waals surface area contributed by atoms with Gasteiger partial charge in [-0.3, -0.25) is 9.59 Å². The molecule has 0 fully saturated rings. The van der Waals surface area contributed by atoms with Gasteiger partial charge >= 0.3 is 0 Å². The molecule has 6 heteroatoms. The zero-order valence-electron chi connectivity index (χ0n) is 18.1. The number of carbonyl (C=O) groups is 2. The summed E-state index contributed by atoms with van der Waals surface area (Å²) in [6.45, 7) is 5.86. The molecule has 0 saturated carbocycles. The molecule has 3 aromatic carbocycles. The van der Waals surface area contributed by atoms with Crippen molar-refractivity contribution < 1.29 is 14.7 Å². The molecule has 1 aliphatic heterocycles. The largest absolute Gasteiger partial charge is 0.375 e. The number of Topliss-reactive ketones (excluding diaryl/α,β-unsaturated/α-hetero) is 1. The molecule has 4 nitrogen and oxygen atoms in total. The fourth-order valence-electron chi connectivity index (χ4n) is 4.59. The van der Waals surface area contributed by atoms with Crippen molar-refractivity contribution in [1.29, 1.82) is 0 Å². The lowest BCUT2D eigenvalue weighted by Gasteiger charge is -2.24. The molecular formula is C26H23Cl2NO3. The Morgan fingerprint density at radius 3 is 2.31 bits per heavy atom. The van der Waals surface area contributed by atoms with E-state index in [-0.39, 0.29) is 18.7 Å². The molecule has 0 aliphatic carbocycles. The highest BCUT2D eigenvalue weighted by Gasteiger charge is 2.51. The van der Waals surface area contributed by atoms with Crippen LogP contribution in [0.15, 0.2) is 54.6 Å². The average molecular weight is 468 g/mol. The van der Waals surface area contributed by atoms with Gasteiger partial charge in [-0.25, -0.2) is 0 Å². The number of hydrogen-bond donors (Lipinski definition) is 1. The molecule has 0 saturated heterocycles. The quantitative estimate of drug-likeness (QED) is 0.473. The molecule has 4 rings (SSSR count). The Bertz CT molecular complexity index is 1230. The van der Waals surface area contributed by atoms with Crippen LogP contribution in [-0.4, -0.2) is 16.8 Å². The third-order valence-electron chi connectivity index (χ3n) is 5.95. The predicted molar refractivity (Wildman–Crippen MR) is 128 cm³/mol. The fourth-order valence-corrected chi connectivity index (χ4v) is 4.96. The topological polar surface area (TPSA) is 57.6 Å². The van der Waals surface area contributed by atoms with Gasteiger partial charge in [0, 0.05) is 21.2 Å². The molecule has 1 heterocycles. The van der Waals surface area contributed by atoms with Crippen molar-refractivity contribution >= 4 is 40.6 Å². The first-order valence-electron chi connectivity index (χ1n) is 10.3. The molecule has 1 amide bonds. The van der Waals surface area contributed by atoms with Crippen molar-refractivity contribution in [2.24, 2.45) is 0 Å². The number of ketones is 1. The van der Waals surface area contributed by atoms with Crippen LogP contribution in [0.2, 0.25) is 10.0 Å². The number of halogens is 2. The van der Waals surface area contributed by atoms with Crippen molar-refractivity contribution in [2.45, 2.75) is 39.3 Å². The first kappa shape index (κ1) is 22.5. The van der Waals surface area contributed by atoms with Crippen LogP contribution in [0.3, 0.4) is 0 Å². The molecule has 1 N–H and O–H groups in total. The van der Waals surface area contributed by atoms with E-state index in [1.165, 1.54) is 4.90 Å². The number of aryl methyl sites for hydroxylation is 3. The van der Waals surface area contributed by atoms with Crippen LogP contribution in [0.4, 0.5) is 5.69 Å². The summed E-state index contributed by atoms with van der Waals surface area (Å²) in [5, 5.41) is 12.5. The first-order valence-corrected chi connectivity index (χ1v) is 11.1. The van der Waals surface area contributed by atoms with Gasteiger partial charge in [-0.05, 0) is 61.7 Å². The number of nitrogens with zero attached hydrogens (tertiary/aromatic N) is 1. The standard InChI is InChI=1S/C26H23Cl2NO3/c1-15-10-16(2)24(17(3)11-15)23(30)13-26(32)20-12-19(27)8-9-22(20)29(25(26)31)14-18-6-4-5-7-21(18)28/h4-12,32H,13-14H2,1-3H3/t26-/m0/s1. The lowest BCUT2D eigenvalue weighted by Crippen LogP contribution is -2.41. The van der Waals surface area contributed by atoms with Crippen molar-refractivity contribution in [2.75, 3.05) is 4.90 Å². The maximum atomic E-state index is 13.5. The summed E-state index contributed by atoms with van der Waals surface area (Å²) < 4.78 is 0. The minimum Gasteiger partial charge on any atom is -0.375 e. The van der Waals surface area contributed by atoms with Gasteiger partial charge in [-0.2, -0.15) is 0 Å².